The Balaban J connectivity index is 1.52. The summed E-state index contributed by atoms with van der Waals surface area (Å²) in [5, 5.41) is 0. The molecule has 1 fully saturated rings. The molecule has 0 radical (unpaired) electrons. The predicted molar refractivity (Wildman–Crippen MR) is 101 cm³/mol. The molecule has 1 amide bonds. The van der Waals surface area contributed by atoms with Gasteiger partial charge in [-0.1, -0.05) is 24.3 Å². The first-order valence-corrected chi connectivity index (χ1v) is 10.1. The molecule has 1 aromatic carbocycles. The molecule has 2 aliphatic rings. The second kappa shape index (κ2) is 8.72. The number of nitrogens with zero attached hydrogens (tertiary/aromatic N) is 2. The number of hydrogen-bond donors (Lipinski definition) is 0. The first-order chi connectivity index (χ1) is 11.7. The third-order valence-electron chi connectivity index (χ3n) is 5.01. The average Bonchev–Trinajstić information content (AvgIpc) is 2.63. The van der Waals surface area contributed by atoms with Crippen LogP contribution in [0.15, 0.2) is 46.9 Å². The molecule has 0 unspecified atom stereocenters. The van der Waals surface area contributed by atoms with E-state index in [0.29, 0.717) is 6.04 Å². The lowest BCUT2D eigenvalue weighted by Crippen LogP contribution is -2.47. The molecule has 0 aromatic heterocycles. The van der Waals surface area contributed by atoms with Crippen LogP contribution in [0.4, 0.5) is 0 Å². The van der Waals surface area contributed by atoms with Gasteiger partial charge in [0.1, 0.15) is 0 Å². The minimum Gasteiger partial charge on any atom is -0.336 e. The van der Waals surface area contributed by atoms with Crippen LogP contribution in [0.1, 0.15) is 32.6 Å². The summed E-state index contributed by atoms with van der Waals surface area (Å²) in [6.45, 7) is 5.94. The second-order valence-electron chi connectivity index (χ2n) is 6.73. The summed E-state index contributed by atoms with van der Waals surface area (Å²) in [7, 11) is 0. The van der Waals surface area contributed by atoms with Crippen molar-refractivity contribution in [1.82, 2.24) is 9.80 Å². The molecule has 130 valence electrons. The van der Waals surface area contributed by atoms with E-state index in [2.05, 4.69) is 46.2 Å². The Labute approximate surface area is 150 Å². The standard InChI is InChI=1S/C20H28N2OS/c1-17(23)22-13-6-5-11-20(22)18-8-7-12-21(16-18)14-15-24-19-9-3-2-4-10-19/h2-4,8-10,20H,5-7,11-16H2,1H3/t20-/m1/s1. The Kier molecular flexibility index (Phi) is 6.38. The van der Waals surface area contributed by atoms with E-state index in [1.165, 1.54) is 16.9 Å². The molecule has 0 aliphatic carbocycles. The third-order valence-corrected chi connectivity index (χ3v) is 6.00. The highest BCUT2D eigenvalue weighted by atomic mass is 32.2. The van der Waals surface area contributed by atoms with Crippen LogP contribution in [-0.4, -0.2) is 53.7 Å². The molecular formula is C20H28N2OS. The number of benzene rings is 1. The summed E-state index contributed by atoms with van der Waals surface area (Å²) in [5.74, 6) is 1.36. The molecule has 0 saturated carbocycles. The Morgan fingerprint density at radius 3 is 2.83 bits per heavy atom. The maximum Gasteiger partial charge on any atom is 0.219 e. The van der Waals surface area contributed by atoms with Gasteiger partial charge in [-0.05, 0) is 43.4 Å². The lowest BCUT2D eigenvalue weighted by molar-refractivity contribution is -0.131. The summed E-state index contributed by atoms with van der Waals surface area (Å²) in [5.41, 5.74) is 1.47. The minimum atomic E-state index is 0.234. The van der Waals surface area contributed by atoms with E-state index in [4.69, 9.17) is 0 Å². The van der Waals surface area contributed by atoms with Crippen molar-refractivity contribution in [3.63, 3.8) is 0 Å². The highest BCUT2D eigenvalue weighted by Gasteiger charge is 2.29. The summed E-state index contributed by atoms with van der Waals surface area (Å²) in [4.78, 5) is 17.9. The van der Waals surface area contributed by atoms with Gasteiger partial charge in [0, 0.05) is 43.8 Å². The fraction of sp³-hybridized carbons (Fsp3) is 0.550. The lowest BCUT2D eigenvalue weighted by atomic mass is 9.92. The van der Waals surface area contributed by atoms with Gasteiger partial charge in [0.15, 0.2) is 0 Å². The summed E-state index contributed by atoms with van der Waals surface area (Å²) >= 11 is 1.93. The highest BCUT2D eigenvalue weighted by molar-refractivity contribution is 7.99. The van der Waals surface area contributed by atoms with Gasteiger partial charge in [-0.25, -0.2) is 0 Å². The molecule has 4 heteroatoms. The van der Waals surface area contributed by atoms with E-state index in [1.54, 1.807) is 6.92 Å². The summed E-state index contributed by atoms with van der Waals surface area (Å²) in [6.07, 6.45) is 7.05. The van der Waals surface area contributed by atoms with Crippen LogP contribution in [0.5, 0.6) is 0 Å². The smallest absolute Gasteiger partial charge is 0.219 e. The van der Waals surface area contributed by atoms with Crippen molar-refractivity contribution in [3.05, 3.63) is 42.0 Å². The lowest BCUT2D eigenvalue weighted by Gasteiger charge is -2.39. The van der Waals surface area contributed by atoms with Gasteiger partial charge in [0.05, 0.1) is 6.04 Å². The molecule has 3 rings (SSSR count). The minimum absolute atomic E-state index is 0.234. The number of carbonyl (C=O) groups excluding carboxylic acids is 1. The van der Waals surface area contributed by atoms with E-state index in [1.807, 2.05) is 11.8 Å². The van der Waals surface area contributed by atoms with Crippen LogP contribution in [-0.2, 0) is 4.79 Å². The Morgan fingerprint density at radius 2 is 2.04 bits per heavy atom. The predicted octanol–water partition coefficient (Wildman–Crippen LogP) is 3.81. The van der Waals surface area contributed by atoms with Crippen molar-refractivity contribution in [2.45, 2.75) is 43.5 Å². The zero-order valence-electron chi connectivity index (χ0n) is 14.6. The fourth-order valence-electron chi connectivity index (χ4n) is 3.77. The molecule has 1 aromatic rings. The number of hydrogen-bond acceptors (Lipinski definition) is 3. The zero-order valence-corrected chi connectivity index (χ0v) is 15.4. The van der Waals surface area contributed by atoms with Gasteiger partial charge in [-0.15, -0.1) is 11.8 Å². The van der Waals surface area contributed by atoms with Gasteiger partial charge < -0.3 is 4.90 Å². The van der Waals surface area contributed by atoms with Crippen molar-refractivity contribution in [2.24, 2.45) is 0 Å². The quantitative estimate of drug-likeness (QED) is 0.599. The largest absolute Gasteiger partial charge is 0.336 e. The van der Waals surface area contributed by atoms with E-state index in [9.17, 15) is 4.79 Å². The number of rotatable bonds is 5. The molecule has 24 heavy (non-hydrogen) atoms. The van der Waals surface area contributed by atoms with Gasteiger partial charge in [0.2, 0.25) is 5.91 Å². The summed E-state index contributed by atoms with van der Waals surface area (Å²) in [6, 6.07) is 11.0. The normalized spacial score (nSPS) is 22.3. The molecule has 0 N–H and O–H groups in total. The van der Waals surface area contributed by atoms with E-state index in [-0.39, 0.29) is 5.91 Å². The van der Waals surface area contributed by atoms with Gasteiger partial charge >= 0.3 is 0 Å². The monoisotopic (exact) mass is 344 g/mol. The Hall–Kier alpha value is -1.26. The first-order valence-electron chi connectivity index (χ1n) is 9.10. The molecule has 3 nitrogen and oxygen atoms in total. The number of carbonyl (C=O) groups is 1. The van der Waals surface area contributed by atoms with Crippen LogP contribution in [0.25, 0.3) is 0 Å². The number of likely N-dealkylation sites (tertiary alicyclic amines) is 1. The number of thioether (sulfide) groups is 1. The van der Waals surface area contributed by atoms with Crippen molar-refractivity contribution >= 4 is 17.7 Å². The van der Waals surface area contributed by atoms with Crippen LogP contribution in [0, 0.1) is 0 Å². The first kappa shape index (κ1) is 17.6. The second-order valence-corrected chi connectivity index (χ2v) is 7.90. The molecule has 0 bridgehead atoms. The molecule has 0 spiro atoms. The van der Waals surface area contributed by atoms with Crippen LogP contribution in [0.3, 0.4) is 0 Å². The number of piperidine rings is 1. The van der Waals surface area contributed by atoms with Crippen LogP contribution in [0.2, 0.25) is 0 Å². The van der Waals surface area contributed by atoms with E-state index in [0.717, 1.165) is 51.2 Å². The van der Waals surface area contributed by atoms with Crippen molar-refractivity contribution in [2.75, 3.05) is 31.9 Å². The van der Waals surface area contributed by atoms with Crippen molar-refractivity contribution in [1.29, 1.82) is 0 Å². The van der Waals surface area contributed by atoms with Gasteiger partial charge in [-0.2, -0.15) is 0 Å². The third kappa shape index (κ3) is 4.64. The van der Waals surface area contributed by atoms with Gasteiger partial charge in [0.25, 0.3) is 0 Å². The van der Waals surface area contributed by atoms with Gasteiger partial charge in [-0.3, -0.25) is 9.69 Å². The van der Waals surface area contributed by atoms with Crippen molar-refractivity contribution in [3.8, 4) is 0 Å². The molecule has 2 heterocycles. The summed E-state index contributed by atoms with van der Waals surface area (Å²) < 4.78 is 0. The zero-order chi connectivity index (χ0) is 16.8. The Morgan fingerprint density at radius 1 is 1.21 bits per heavy atom. The van der Waals surface area contributed by atoms with Crippen LogP contribution < -0.4 is 0 Å². The van der Waals surface area contributed by atoms with Crippen LogP contribution >= 0.6 is 11.8 Å². The number of amides is 1. The van der Waals surface area contributed by atoms with Crippen molar-refractivity contribution < 1.29 is 4.79 Å². The average molecular weight is 345 g/mol. The topological polar surface area (TPSA) is 23.6 Å². The molecule has 1 saturated heterocycles. The molecule has 2 aliphatic heterocycles. The fourth-order valence-corrected chi connectivity index (χ4v) is 4.70. The highest BCUT2D eigenvalue weighted by Crippen LogP contribution is 2.26. The maximum atomic E-state index is 11.9. The van der Waals surface area contributed by atoms with E-state index < -0.39 is 0 Å². The SMILES string of the molecule is CC(=O)N1CCCC[C@@H]1C1=CCCN(CCSc2ccccc2)C1. The molecule has 1 atom stereocenters. The van der Waals surface area contributed by atoms with E-state index >= 15 is 0 Å². The Bertz CT molecular complexity index is 572. The molecular weight excluding hydrogens is 316 g/mol. The maximum absolute atomic E-state index is 11.9.